The predicted octanol–water partition coefficient (Wildman–Crippen LogP) is 4.43. The summed E-state index contributed by atoms with van der Waals surface area (Å²) in [5.74, 6) is 0.384. The molecule has 2 aromatic heterocycles. The monoisotopic (exact) mass is 422 g/mol. The molecule has 0 saturated carbocycles. The first kappa shape index (κ1) is 18.8. The summed E-state index contributed by atoms with van der Waals surface area (Å²) in [4.78, 5) is 12.3. The Kier molecular flexibility index (Phi) is 4.76. The van der Waals surface area contributed by atoms with Gasteiger partial charge in [0.2, 0.25) is 0 Å². The van der Waals surface area contributed by atoms with Crippen molar-refractivity contribution in [3.8, 4) is 5.69 Å². The minimum atomic E-state index is -4.45. The van der Waals surface area contributed by atoms with Gasteiger partial charge in [-0.05, 0) is 36.6 Å². The lowest BCUT2D eigenvalue weighted by Gasteiger charge is -2.13. The lowest BCUT2D eigenvalue weighted by atomic mass is 10.2. The topological polar surface area (TPSA) is 52.7 Å². The van der Waals surface area contributed by atoms with Gasteiger partial charge in [0, 0.05) is 0 Å². The van der Waals surface area contributed by atoms with Crippen molar-refractivity contribution in [1.82, 2.24) is 19.3 Å². The summed E-state index contributed by atoms with van der Waals surface area (Å²) in [6.45, 7) is 0.104. The molecule has 0 radical (unpaired) electrons. The average molecular weight is 422 g/mol. The van der Waals surface area contributed by atoms with Crippen LogP contribution in [0.5, 0.6) is 0 Å². The van der Waals surface area contributed by atoms with Gasteiger partial charge >= 0.3 is 11.0 Å². The first-order valence-corrected chi connectivity index (χ1v) is 10.2. The highest BCUT2D eigenvalue weighted by atomic mass is 32.2. The zero-order valence-corrected chi connectivity index (χ0v) is 16.1. The molecule has 0 fully saturated rings. The minimum absolute atomic E-state index is 0.104. The van der Waals surface area contributed by atoms with E-state index in [9.17, 15) is 18.0 Å². The second-order valence-electron chi connectivity index (χ2n) is 5.91. The summed E-state index contributed by atoms with van der Waals surface area (Å²) in [5.41, 5.74) is 0.295. The van der Waals surface area contributed by atoms with Gasteiger partial charge in [0.05, 0.1) is 28.0 Å². The Morgan fingerprint density at radius 2 is 1.89 bits per heavy atom. The molecule has 0 aliphatic heterocycles. The Labute approximate surface area is 165 Å². The van der Waals surface area contributed by atoms with Gasteiger partial charge in [-0.25, -0.2) is 0 Å². The highest BCUT2D eigenvalue weighted by Crippen LogP contribution is 2.31. The molecule has 0 amide bonds. The molecule has 0 atom stereocenters. The van der Waals surface area contributed by atoms with Gasteiger partial charge < -0.3 is 0 Å². The second kappa shape index (κ2) is 7.10. The highest BCUT2D eigenvalue weighted by molar-refractivity contribution is 7.98. The Morgan fingerprint density at radius 1 is 1.11 bits per heavy atom. The van der Waals surface area contributed by atoms with E-state index in [4.69, 9.17) is 0 Å². The van der Waals surface area contributed by atoms with Crippen LogP contribution in [0.1, 0.15) is 11.4 Å². The quantitative estimate of drug-likeness (QED) is 0.457. The standard InChI is InChI=1S/C18H13F3N4OS2/c1-27-16-23-22-15(10-24-13-7-2-3-8-14(13)28-17(24)26)25(16)12-6-4-5-11(9-12)18(19,20)21/h2-9H,10H2,1H3. The number of benzene rings is 2. The minimum Gasteiger partial charge on any atom is -0.291 e. The van der Waals surface area contributed by atoms with Gasteiger partial charge in [-0.1, -0.05) is 41.3 Å². The van der Waals surface area contributed by atoms with E-state index in [1.165, 1.54) is 17.8 Å². The molecular formula is C18H13F3N4OS2. The Balaban J connectivity index is 1.84. The van der Waals surface area contributed by atoms with Crippen LogP contribution in [0.25, 0.3) is 15.9 Å². The largest absolute Gasteiger partial charge is 0.416 e. The first-order chi connectivity index (χ1) is 13.4. The third-order valence-electron chi connectivity index (χ3n) is 4.19. The number of aromatic nitrogens is 4. The molecule has 0 unspecified atom stereocenters. The predicted molar refractivity (Wildman–Crippen MR) is 103 cm³/mol. The van der Waals surface area contributed by atoms with E-state index < -0.39 is 11.7 Å². The molecule has 2 heterocycles. The number of halogens is 3. The Hall–Kier alpha value is -2.59. The van der Waals surface area contributed by atoms with E-state index in [0.717, 1.165) is 33.7 Å². The third kappa shape index (κ3) is 3.33. The molecular weight excluding hydrogens is 409 g/mol. The summed E-state index contributed by atoms with van der Waals surface area (Å²) in [5, 5.41) is 8.66. The lowest BCUT2D eigenvalue weighted by Crippen LogP contribution is -2.17. The van der Waals surface area contributed by atoms with Crippen LogP contribution in [0.15, 0.2) is 58.5 Å². The van der Waals surface area contributed by atoms with Crippen molar-refractivity contribution in [3.63, 3.8) is 0 Å². The van der Waals surface area contributed by atoms with Crippen LogP contribution < -0.4 is 4.87 Å². The third-order valence-corrected chi connectivity index (χ3v) is 5.78. The summed E-state index contributed by atoms with van der Waals surface area (Å²) in [6, 6.07) is 12.3. The normalized spacial score (nSPS) is 12.0. The number of hydrogen-bond donors (Lipinski definition) is 0. The molecule has 144 valence electrons. The Morgan fingerprint density at radius 3 is 2.64 bits per heavy atom. The van der Waals surface area contributed by atoms with Crippen molar-refractivity contribution < 1.29 is 13.2 Å². The van der Waals surface area contributed by atoms with Gasteiger partial charge in [0.15, 0.2) is 11.0 Å². The molecule has 4 rings (SSSR count). The molecule has 4 aromatic rings. The molecule has 5 nitrogen and oxygen atoms in total. The Bertz CT molecular complexity index is 1210. The van der Waals surface area contributed by atoms with E-state index >= 15 is 0 Å². The molecule has 10 heteroatoms. The molecule has 0 bridgehead atoms. The van der Waals surface area contributed by atoms with Crippen LogP contribution in [0.2, 0.25) is 0 Å². The van der Waals surface area contributed by atoms with Gasteiger partial charge in [0.25, 0.3) is 0 Å². The summed E-state index contributed by atoms with van der Waals surface area (Å²) >= 11 is 2.38. The smallest absolute Gasteiger partial charge is 0.291 e. The second-order valence-corrected chi connectivity index (χ2v) is 7.67. The summed E-state index contributed by atoms with van der Waals surface area (Å²) < 4.78 is 43.4. The van der Waals surface area contributed by atoms with Crippen molar-refractivity contribution in [2.45, 2.75) is 17.9 Å². The fourth-order valence-electron chi connectivity index (χ4n) is 2.92. The fraction of sp³-hybridized carbons (Fsp3) is 0.167. The number of thiazole rings is 1. The summed E-state index contributed by atoms with van der Waals surface area (Å²) in [6.07, 6.45) is -2.69. The van der Waals surface area contributed by atoms with Crippen molar-refractivity contribution in [1.29, 1.82) is 0 Å². The van der Waals surface area contributed by atoms with Crippen molar-refractivity contribution in [2.75, 3.05) is 6.26 Å². The van der Waals surface area contributed by atoms with E-state index in [1.807, 2.05) is 24.3 Å². The van der Waals surface area contributed by atoms with E-state index in [2.05, 4.69) is 10.2 Å². The molecule has 0 aliphatic rings. The lowest BCUT2D eigenvalue weighted by molar-refractivity contribution is -0.137. The SMILES string of the molecule is CSc1nnc(Cn2c(=O)sc3ccccc32)n1-c1cccc(C(F)(F)F)c1. The molecule has 0 N–H and O–H groups in total. The van der Waals surface area contributed by atoms with Crippen LogP contribution in [0.4, 0.5) is 13.2 Å². The van der Waals surface area contributed by atoms with Gasteiger partial charge in [-0.2, -0.15) is 13.2 Å². The molecule has 0 spiro atoms. The van der Waals surface area contributed by atoms with Crippen molar-refractivity contribution in [2.24, 2.45) is 0 Å². The molecule has 2 aromatic carbocycles. The van der Waals surface area contributed by atoms with Crippen molar-refractivity contribution >= 4 is 33.3 Å². The zero-order valence-electron chi connectivity index (χ0n) is 14.5. The zero-order chi connectivity index (χ0) is 19.9. The maximum absolute atomic E-state index is 13.1. The van der Waals surface area contributed by atoms with Gasteiger partial charge in [-0.3, -0.25) is 13.9 Å². The van der Waals surface area contributed by atoms with Crippen LogP contribution >= 0.6 is 23.1 Å². The highest BCUT2D eigenvalue weighted by Gasteiger charge is 2.31. The number of para-hydroxylation sites is 1. The maximum atomic E-state index is 13.1. The maximum Gasteiger partial charge on any atom is 0.416 e. The van der Waals surface area contributed by atoms with E-state index in [-0.39, 0.29) is 11.4 Å². The average Bonchev–Trinajstić information content (AvgIpc) is 3.22. The van der Waals surface area contributed by atoms with E-state index in [1.54, 1.807) is 21.5 Å². The van der Waals surface area contributed by atoms with Crippen LogP contribution in [-0.2, 0) is 12.7 Å². The first-order valence-electron chi connectivity index (χ1n) is 8.13. The van der Waals surface area contributed by atoms with Crippen LogP contribution in [0, 0.1) is 0 Å². The number of fused-ring (bicyclic) bond motifs is 1. The summed E-state index contributed by atoms with van der Waals surface area (Å²) in [7, 11) is 0. The van der Waals surface area contributed by atoms with Gasteiger partial charge in [-0.15, -0.1) is 10.2 Å². The molecule has 28 heavy (non-hydrogen) atoms. The number of hydrogen-bond acceptors (Lipinski definition) is 5. The number of alkyl halides is 3. The van der Waals surface area contributed by atoms with Crippen LogP contribution in [0.3, 0.4) is 0 Å². The van der Waals surface area contributed by atoms with E-state index in [0.29, 0.717) is 16.7 Å². The molecule has 0 saturated heterocycles. The fourth-order valence-corrected chi connectivity index (χ4v) is 4.33. The number of thioether (sulfide) groups is 1. The molecule has 0 aliphatic carbocycles. The van der Waals surface area contributed by atoms with Crippen LogP contribution in [-0.4, -0.2) is 25.6 Å². The van der Waals surface area contributed by atoms with Crippen molar-refractivity contribution in [3.05, 3.63) is 69.6 Å². The number of rotatable bonds is 4. The van der Waals surface area contributed by atoms with Gasteiger partial charge in [0.1, 0.15) is 0 Å². The number of nitrogens with zero attached hydrogens (tertiary/aromatic N) is 4.